The molecule has 144 valence electrons. The van der Waals surface area contributed by atoms with Gasteiger partial charge in [-0.1, -0.05) is 37.3 Å². The molecule has 27 heavy (non-hydrogen) atoms. The molecule has 5 nitrogen and oxygen atoms in total. The van der Waals surface area contributed by atoms with Crippen LogP contribution >= 0.6 is 0 Å². The van der Waals surface area contributed by atoms with Gasteiger partial charge in [0.2, 0.25) is 0 Å². The highest BCUT2D eigenvalue weighted by molar-refractivity contribution is 5.74. The van der Waals surface area contributed by atoms with Crippen LogP contribution in [0.15, 0.2) is 42.5 Å². The first-order chi connectivity index (χ1) is 13.1. The van der Waals surface area contributed by atoms with Crippen molar-refractivity contribution in [1.29, 1.82) is 0 Å². The number of likely N-dealkylation sites (tertiary alicyclic amines) is 1. The molecule has 0 spiro atoms. The number of ether oxygens (including phenoxy) is 2. The second-order valence-electron chi connectivity index (χ2n) is 6.85. The molecule has 0 aromatic heterocycles. The maximum absolute atomic E-state index is 11.8. The zero-order valence-electron chi connectivity index (χ0n) is 16.1. The molecule has 3 rings (SSSR count). The molecule has 1 saturated heterocycles. The van der Waals surface area contributed by atoms with Crippen LogP contribution in [-0.2, 0) is 11.2 Å². The van der Waals surface area contributed by atoms with Crippen molar-refractivity contribution in [3.05, 3.63) is 59.2 Å². The van der Waals surface area contributed by atoms with Crippen LogP contribution < -0.4 is 9.47 Å². The van der Waals surface area contributed by atoms with Crippen LogP contribution in [-0.4, -0.2) is 42.8 Å². The smallest absolute Gasteiger partial charge is 0.320 e. The molecule has 5 heteroatoms. The van der Waals surface area contributed by atoms with Gasteiger partial charge in [0.15, 0.2) is 11.5 Å². The molecule has 2 aromatic carbocycles. The molecule has 1 N–H and O–H groups in total. The molecule has 0 bridgehead atoms. The summed E-state index contributed by atoms with van der Waals surface area (Å²) in [6, 6.07) is 13.7. The van der Waals surface area contributed by atoms with E-state index >= 15 is 0 Å². The van der Waals surface area contributed by atoms with Gasteiger partial charge in [0.25, 0.3) is 0 Å². The predicted molar refractivity (Wildman–Crippen MR) is 105 cm³/mol. The number of carbonyl (C=O) groups is 1. The van der Waals surface area contributed by atoms with Crippen LogP contribution in [0.5, 0.6) is 11.5 Å². The molecular formula is C22H27NO4. The van der Waals surface area contributed by atoms with Crippen LogP contribution in [0.4, 0.5) is 0 Å². The van der Waals surface area contributed by atoms with Gasteiger partial charge in [0.1, 0.15) is 6.04 Å². The van der Waals surface area contributed by atoms with E-state index in [0.717, 1.165) is 30.5 Å². The van der Waals surface area contributed by atoms with Gasteiger partial charge in [-0.3, -0.25) is 9.69 Å². The SMILES string of the molecule is CCc1ccc(C(c2ccc(OC)c(OC)c2)N2CCCC2C(=O)O)cc1. The number of hydrogen-bond acceptors (Lipinski definition) is 4. The Labute approximate surface area is 160 Å². The molecule has 1 heterocycles. The number of carboxylic acid groups (broad SMARTS) is 1. The summed E-state index contributed by atoms with van der Waals surface area (Å²) >= 11 is 0. The molecule has 0 saturated carbocycles. The van der Waals surface area contributed by atoms with Crippen molar-refractivity contribution in [2.75, 3.05) is 20.8 Å². The van der Waals surface area contributed by atoms with Crippen molar-refractivity contribution < 1.29 is 19.4 Å². The highest BCUT2D eigenvalue weighted by Gasteiger charge is 2.37. The Kier molecular flexibility index (Phi) is 6.01. The predicted octanol–water partition coefficient (Wildman–Crippen LogP) is 3.90. The van der Waals surface area contributed by atoms with Crippen LogP contribution in [0, 0.1) is 0 Å². The molecule has 0 aliphatic carbocycles. The maximum Gasteiger partial charge on any atom is 0.320 e. The Morgan fingerprint density at radius 2 is 1.78 bits per heavy atom. The first kappa shape index (κ1) is 19.2. The van der Waals surface area contributed by atoms with Crippen LogP contribution in [0.2, 0.25) is 0 Å². The van der Waals surface area contributed by atoms with Crippen molar-refractivity contribution in [1.82, 2.24) is 4.90 Å². The van der Waals surface area contributed by atoms with Crippen molar-refractivity contribution in [2.24, 2.45) is 0 Å². The summed E-state index contributed by atoms with van der Waals surface area (Å²) in [7, 11) is 3.22. The summed E-state index contributed by atoms with van der Waals surface area (Å²) in [6.07, 6.45) is 2.53. The number of methoxy groups -OCH3 is 2. The second kappa shape index (κ2) is 8.44. The van der Waals surface area contributed by atoms with Gasteiger partial charge >= 0.3 is 5.97 Å². The first-order valence-corrected chi connectivity index (χ1v) is 9.38. The highest BCUT2D eigenvalue weighted by atomic mass is 16.5. The molecule has 1 aliphatic rings. The highest BCUT2D eigenvalue weighted by Crippen LogP contribution is 2.38. The molecule has 2 atom stereocenters. The van der Waals surface area contributed by atoms with Gasteiger partial charge in [-0.15, -0.1) is 0 Å². The Morgan fingerprint density at radius 1 is 1.11 bits per heavy atom. The zero-order chi connectivity index (χ0) is 19.4. The third-order valence-electron chi connectivity index (χ3n) is 5.34. The Hall–Kier alpha value is -2.53. The summed E-state index contributed by atoms with van der Waals surface area (Å²) in [5, 5.41) is 9.71. The molecule has 1 aliphatic heterocycles. The van der Waals surface area contributed by atoms with E-state index in [1.807, 2.05) is 18.2 Å². The quantitative estimate of drug-likeness (QED) is 0.802. The lowest BCUT2D eigenvalue weighted by atomic mass is 9.94. The Balaban J connectivity index is 2.08. The van der Waals surface area contributed by atoms with E-state index in [9.17, 15) is 9.90 Å². The van der Waals surface area contributed by atoms with E-state index in [2.05, 4.69) is 36.1 Å². The third kappa shape index (κ3) is 3.93. The zero-order valence-corrected chi connectivity index (χ0v) is 16.1. The standard InChI is InChI=1S/C22H27NO4/c1-4-15-7-9-16(10-8-15)21(23-13-5-6-18(23)22(24)25)17-11-12-19(26-2)20(14-17)27-3/h7-12,14,18,21H,4-6,13H2,1-3H3,(H,24,25). The van der Waals surface area contributed by atoms with Crippen LogP contribution in [0.3, 0.4) is 0 Å². The fourth-order valence-electron chi connectivity index (χ4n) is 3.90. The van der Waals surface area contributed by atoms with Gasteiger partial charge in [0.05, 0.1) is 20.3 Å². The van der Waals surface area contributed by atoms with E-state index in [4.69, 9.17) is 9.47 Å². The summed E-state index contributed by atoms with van der Waals surface area (Å²) < 4.78 is 10.8. The fourth-order valence-corrected chi connectivity index (χ4v) is 3.90. The average molecular weight is 369 g/mol. The Bertz CT molecular complexity index is 787. The average Bonchev–Trinajstić information content (AvgIpc) is 3.18. The van der Waals surface area contributed by atoms with E-state index in [1.165, 1.54) is 5.56 Å². The molecule has 1 fully saturated rings. The van der Waals surface area contributed by atoms with Gasteiger partial charge in [-0.25, -0.2) is 0 Å². The monoisotopic (exact) mass is 369 g/mol. The lowest BCUT2D eigenvalue weighted by molar-refractivity contribution is -0.142. The number of hydrogen-bond donors (Lipinski definition) is 1. The molecular weight excluding hydrogens is 342 g/mol. The van der Waals surface area contributed by atoms with Gasteiger partial charge in [-0.05, 0) is 48.1 Å². The van der Waals surface area contributed by atoms with Gasteiger partial charge in [0, 0.05) is 6.54 Å². The number of nitrogens with zero attached hydrogens (tertiary/aromatic N) is 1. The third-order valence-corrected chi connectivity index (χ3v) is 5.34. The summed E-state index contributed by atoms with van der Waals surface area (Å²) in [5.41, 5.74) is 3.36. The van der Waals surface area contributed by atoms with E-state index in [-0.39, 0.29) is 6.04 Å². The summed E-state index contributed by atoms with van der Waals surface area (Å²) in [4.78, 5) is 13.9. The van der Waals surface area contributed by atoms with E-state index in [1.54, 1.807) is 14.2 Å². The van der Waals surface area contributed by atoms with Crippen molar-refractivity contribution in [2.45, 2.75) is 38.3 Å². The normalized spacial score (nSPS) is 18.3. The number of carboxylic acids is 1. The number of aliphatic carboxylic acids is 1. The molecule has 0 amide bonds. The largest absolute Gasteiger partial charge is 0.493 e. The lowest BCUT2D eigenvalue weighted by Crippen LogP contribution is -2.39. The number of aryl methyl sites for hydroxylation is 1. The van der Waals surface area contributed by atoms with Gasteiger partial charge < -0.3 is 14.6 Å². The first-order valence-electron chi connectivity index (χ1n) is 9.38. The van der Waals surface area contributed by atoms with Crippen LogP contribution in [0.1, 0.15) is 42.5 Å². The summed E-state index contributed by atoms with van der Waals surface area (Å²) in [5.74, 6) is 0.553. The maximum atomic E-state index is 11.8. The Morgan fingerprint density at radius 3 is 2.37 bits per heavy atom. The van der Waals surface area contributed by atoms with E-state index in [0.29, 0.717) is 17.9 Å². The van der Waals surface area contributed by atoms with Crippen LogP contribution in [0.25, 0.3) is 0 Å². The second-order valence-corrected chi connectivity index (χ2v) is 6.85. The molecule has 0 radical (unpaired) electrons. The minimum Gasteiger partial charge on any atom is -0.493 e. The van der Waals surface area contributed by atoms with Crippen molar-refractivity contribution in [3.63, 3.8) is 0 Å². The fraction of sp³-hybridized carbons (Fsp3) is 0.409. The minimum atomic E-state index is -0.761. The number of benzene rings is 2. The topological polar surface area (TPSA) is 59.0 Å². The van der Waals surface area contributed by atoms with Crippen molar-refractivity contribution >= 4 is 5.97 Å². The van der Waals surface area contributed by atoms with Crippen molar-refractivity contribution in [3.8, 4) is 11.5 Å². The van der Waals surface area contributed by atoms with Gasteiger partial charge in [-0.2, -0.15) is 0 Å². The molecule has 2 unspecified atom stereocenters. The summed E-state index contributed by atoms with van der Waals surface area (Å²) in [6.45, 7) is 2.88. The van der Waals surface area contributed by atoms with E-state index < -0.39 is 12.0 Å². The lowest BCUT2D eigenvalue weighted by Gasteiger charge is -2.32. The molecule has 2 aromatic rings. The minimum absolute atomic E-state index is 0.140. The number of rotatable bonds is 7.